The van der Waals surface area contributed by atoms with Gasteiger partial charge in [0.2, 0.25) is 0 Å². The molecular weight excluding hydrogens is 442 g/mol. The highest BCUT2D eigenvalue weighted by Crippen LogP contribution is 2.32. The maximum absolute atomic E-state index is 11.3. The number of carbonyl (C=O) groups is 1. The van der Waals surface area contributed by atoms with Crippen LogP contribution in [-0.4, -0.2) is 63.7 Å². The standard InChI is InChI=1S/C25H47NO6S/c1-3-4-5-6-7-8-9-10-11-12-13-14-15-16-17-18-19-31-22-25(23-32-33(2,29)30)20-26(21-25)24(27)28/h10-11H,3-9,12-23H2,1-2H3,(H,27,28)/b11-10-. The van der Waals surface area contributed by atoms with Crippen molar-refractivity contribution in [3.8, 4) is 0 Å². The Kier molecular flexibility index (Phi) is 15.7. The summed E-state index contributed by atoms with van der Waals surface area (Å²) in [7, 11) is -3.56. The molecular formula is C25H47NO6S. The summed E-state index contributed by atoms with van der Waals surface area (Å²) in [5.41, 5.74) is -0.565. The fraction of sp³-hybridized carbons (Fsp3) is 0.880. The zero-order valence-electron chi connectivity index (χ0n) is 20.9. The van der Waals surface area contributed by atoms with Crippen LogP contribution in [0, 0.1) is 5.41 Å². The summed E-state index contributed by atoms with van der Waals surface area (Å²) in [4.78, 5) is 12.3. The molecule has 1 rings (SSSR count). The SMILES string of the molecule is CCCCCCCC/C=C\CCCCCCCCOCC1(COS(C)(=O)=O)CN(C(=O)O)C1. The maximum atomic E-state index is 11.3. The van der Waals surface area contributed by atoms with Gasteiger partial charge >= 0.3 is 6.09 Å². The average Bonchev–Trinajstić information content (AvgIpc) is 2.72. The number of amides is 1. The number of allylic oxidation sites excluding steroid dienone is 2. The van der Waals surface area contributed by atoms with Crippen molar-refractivity contribution in [2.45, 2.75) is 96.8 Å². The monoisotopic (exact) mass is 489 g/mol. The van der Waals surface area contributed by atoms with E-state index < -0.39 is 21.6 Å². The fourth-order valence-electron chi connectivity index (χ4n) is 4.10. The van der Waals surface area contributed by atoms with Gasteiger partial charge in [0.05, 0.1) is 24.9 Å². The Morgan fingerprint density at radius 1 is 0.879 bits per heavy atom. The summed E-state index contributed by atoms with van der Waals surface area (Å²) in [6.07, 6.45) is 22.3. The van der Waals surface area contributed by atoms with E-state index in [2.05, 4.69) is 19.1 Å². The van der Waals surface area contributed by atoms with Gasteiger partial charge in [-0.25, -0.2) is 4.79 Å². The van der Waals surface area contributed by atoms with Crippen molar-refractivity contribution in [3.05, 3.63) is 12.2 Å². The highest BCUT2D eigenvalue weighted by molar-refractivity contribution is 7.85. The molecule has 1 amide bonds. The van der Waals surface area contributed by atoms with Crippen LogP contribution in [0.15, 0.2) is 12.2 Å². The van der Waals surface area contributed by atoms with E-state index in [1.54, 1.807) is 0 Å². The normalized spacial score (nSPS) is 15.8. The first kappa shape index (κ1) is 29.9. The van der Waals surface area contributed by atoms with E-state index >= 15 is 0 Å². The number of hydrogen-bond acceptors (Lipinski definition) is 5. The van der Waals surface area contributed by atoms with Crippen LogP contribution in [0.3, 0.4) is 0 Å². The molecule has 0 spiro atoms. The number of carboxylic acid groups (broad SMARTS) is 1. The molecule has 1 saturated heterocycles. The molecule has 0 unspecified atom stereocenters. The van der Waals surface area contributed by atoms with Gasteiger partial charge in [0, 0.05) is 19.7 Å². The summed E-state index contributed by atoms with van der Waals surface area (Å²) in [5.74, 6) is 0. The van der Waals surface area contributed by atoms with Gasteiger partial charge in [-0.2, -0.15) is 8.42 Å². The van der Waals surface area contributed by atoms with Crippen molar-refractivity contribution in [2.75, 3.05) is 39.2 Å². The second-order valence-corrected chi connectivity index (χ2v) is 11.2. The van der Waals surface area contributed by atoms with Gasteiger partial charge in [-0.3, -0.25) is 4.18 Å². The van der Waals surface area contributed by atoms with Crippen molar-refractivity contribution < 1.29 is 27.2 Å². The Balaban J connectivity index is 1.97. The number of unbranched alkanes of at least 4 members (excludes halogenated alkanes) is 12. The third-order valence-corrected chi connectivity index (χ3v) is 6.66. The molecule has 0 aliphatic carbocycles. The summed E-state index contributed by atoms with van der Waals surface area (Å²) in [5, 5.41) is 9.04. The predicted octanol–water partition coefficient (Wildman–Crippen LogP) is 6.00. The number of rotatable bonds is 21. The Morgan fingerprint density at radius 2 is 1.39 bits per heavy atom. The molecule has 194 valence electrons. The average molecular weight is 490 g/mol. The van der Waals surface area contributed by atoms with Gasteiger partial charge < -0.3 is 14.7 Å². The lowest BCUT2D eigenvalue weighted by Crippen LogP contribution is -2.62. The lowest BCUT2D eigenvalue weighted by molar-refractivity contribution is -0.0759. The largest absolute Gasteiger partial charge is 0.465 e. The number of likely N-dealkylation sites (tertiary alicyclic amines) is 1. The summed E-state index contributed by atoms with van der Waals surface area (Å²) >= 11 is 0. The van der Waals surface area contributed by atoms with E-state index in [4.69, 9.17) is 14.0 Å². The second-order valence-electron chi connectivity index (χ2n) is 9.60. The molecule has 0 radical (unpaired) electrons. The zero-order chi connectivity index (χ0) is 24.4. The molecule has 7 nitrogen and oxygen atoms in total. The summed E-state index contributed by atoms with van der Waals surface area (Å²) in [6.45, 7) is 3.62. The van der Waals surface area contributed by atoms with Crippen LogP contribution in [0.1, 0.15) is 96.8 Å². The number of nitrogens with zero attached hydrogens (tertiary/aromatic N) is 1. The van der Waals surface area contributed by atoms with Crippen molar-refractivity contribution in [2.24, 2.45) is 5.41 Å². The quantitative estimate of drug-likeness (QED) is 0.121. The Hall–Kier alpha value is -1.12. The number of ether oxygens (including phenoxy) is 1. The van der Waals surface area contributed by atoms with Gasteiger partial charge in [-0.15, -0.1) is 0 Å². The predicted molar refractivity (Wildman–Crippen MR) is 133 cm³/mol. The minimum absolute atomic E-state index is 0.0387. The molecule has 8 heteroatoms. The summed E-state index contributed by atoms with van der Waals surface area (Å²) < 4.78 is 33.2. The van der Waals surface area contributed by atoms with Crippen LogP contribution in [0.4, 0.5) is 4.79 Å². The molecule has 33 heavy (non-hydrogen) atoms. The molecule has 0 bridgehead atoms. The van der Waals surface area contributed by atoms with Crippen molar-refractivity contribution in [1.29, 1.82) is 0 Å². The third-order valence-electron chi connectivity index (χ3n) is 6.11. The molecule has 0 aromatic rings. The molecule has 1 heterocycles. The maximum Gasteiger partial charge on any atom is 0.407 e. The molecule has 0 aromatic carbocycles. The fourth-order valence-corrected chi connectivity index (χ4v) is 4.56. The molecule has 1 N–H and O–H groups in total. The van der Waals surface area contributed by atoms with Crippen LogP contribution in [0.25, 0.3) is 0 Å². The van der Waals surface area contributed by atoms with Crippen LogP contribution < -0.4 is 0 Å². The highest BCUT2D eigenvalue weighted by Gasteiger charge is 2.46. The lowest BCUT2D eigenvalue weighted by atomic mass is 9.82. The van der Waals surface area contributed by atoms with E-state index in [1.165, 1.54) is 81.9 Å². The van der Waals surface area contributed by atoms with Crippen molar-refractivity contribution >= 4 is 16.2 Å². The van der Waals surface area contributed by atoms with E-state index in [0.29, 0.717) is 13.2 Å². The third kappa shape index (κ3) is 15.4. The van der Waals surface area contributed by atoms with Crippen LogP contribution in [-0.2, 0) is 19.0 Å². The summed E-state index contributed by atoms with van der Waals surface area (Å²) in [6, 6.07) is 0. The van der Waals surface area contributed by atoms with Crippen LogP contribution in [0.2, 0.25) is 0 Å². The zero-order valence-corrected chi connectivity index (χ0v) is 21.8. The molecule has 0 aromatic heterocycles. The van der Waals surface area contributed by atoms with Crippen LogP contribution in [0.5, 0.6) is 0 Å². The Bertz CT molecular complexity index is 643. The molecule has 1 aliphatic heterocycles. The van der Waals surface area contributed by atoms with E-state index in [1.807, 2.05) is 0 Å². The van der Waals surface area contributed by atoms with E-state index in [-0.39, 0.29) is 19.7 Å². The van der Waals surface area contributed by atoms with Gasteiger partial charge in [0.15, 0.2) is 0 Å². The minimum Gasteiger partial charge on any atom is -0.465 e. The van der Waals surface area contributed by atoms with Gasteiger partial charge in [0.1, 0.15) is 0 Å². The van der Waals surface area contributed by atoms with Gasteiger partial charge in [-0.05, 0) is 32.1 Å². The van der Waals surface area contributed by atoms with E-state index in [9.17, 15) is 13.2 Å². The molecule has 1 fully saturated rings. The molecule has 0 saturated carbocycles. The van der Waals surface area contributed by atoms with E-state index in [0.717, 1.165) is 19.1 Å². The smallest absolute Gasteiger partial charge is 0.407 e. The highest BCUT2D eigenvalue weighted by atomic mass is 32.2. The molecule has 0 atom stereocenters. The first-order valence-electron chi connectivity index (χ1n) is 12.8. The number of hydrogen-bond donors (Lipinski definition) is 1. The first-order chi connectivity index (χ1) is 15.8. The topological polar surface area (TPSA) is 93.1 Å². The van der Waals surface area contributed by atoms with Gasteiger partial charge in [0.25, 0.3) is 10.1 Å². The Labute approximate surface area is 202 Å². The van der Waals surface area contributed by atoms with Crippen LogP contribution >= 0.6 is 0 Å². The molecule has 1 aliphatic rings. The Morgan fingerprint density at radius 3 is 1.91 bits per heavy atom. The lowest BCUT2D eigenvalue weighted by Gasteiger charge is -2.47. The van der Waals surface area contributed by atoms with Gasteiger partial charge in [-0.1, -0.05) is 76.9 Å². The van der Waals surface area contributed by atoms with Crippen molar-refractivity contribution in [3.63, 3.8) is 0 Å². The minimum atomic E-state index is -3.56. The first-order valence-corrected chi connectivity index (χ1v) is 14.6. The van der Waals surface area contributed by atoms with Crippen molar-refractivity contribution in [1.82, 2.24) is 4.90 Å². The second kappa shape index (κ2) is 17.3.